The highest BCUT2D eigenvalue weighted by Gasteiger charge is 2.09. The minimum absolute atomic E-state index is 0.0644. The number of nitrogens with zero attached hydrogens (tertiary/aromatic N) is 2. The maximum absolute atomic E-state index is 10.8. The largest absolute Gasteiger partial charge is 0.468 e. The molecule has 0 saturated carbocycles. The standard InChI is InChI=1S/C5H6ClN3O3/c1-12-3(10)2-9-4(6)7-8-5(9)11/h2H2,1H3,(H,8,11). The Morgan fingerprint density at radius 1 is 1.83 bits per heavy atom. The van der Waals surface area contributed by atoms with Crippen molar-refractivity contribution in [2.45, 2.75) is 6.54 Å². The summed E-state index contributed by atoms with van der Waals surface area (Å²) >= 11 is 5.46. The van der Waals surface area contributed by atoms with E-state index in [1.54, 1.807) is 0 Å². The molecule has 0 unspecified atom stereocenters. The van der Waals surface area contributed by atoms with E-state index in [4.69, 9.17) is 11.6 Å². The molecule has 0 aliphatic carbocycles. The Kier molecular flexibility index (Phi) is 2.49. The zero-order chi connectivity index (χ0) is 9.14. The molecule has 0 fully saturated rings. The third kappa shape index (κ3) is 1.65. The molecule has 1 rings (SSSR count). The number of carbonyl (C=O) groups excluding carboxylic acids is 1. The summed E-state index contributed by atoms with van der Waals surface area (Å²) in [5.41, 5.74) is -0.537. The molecule has 0 aliphatic rings. The zero-order valence-corrected chi connectivity index (χ0v) is 6.96. The average molecular weight is 192 g/mol. The Labute approximate surface area is 72.1 Å². The fourth-order valence-electron chi connectivity index (χ4n) is 0.629. The Balaban J connectivity index is 2.88. The maximum Gasteiger partial charge on any atom is 0.344 e. The quantitative estimate of drug-likeness (QED) is 0.634. The smallest absolute Gasteiger partial charge is 0.344 e. The average Bonchev–Trinajstić information content (AvgIpc) is 2.35. The Morgan fingerprint density at radius 3 is 2.92 bits per heavy atom. The highest BCUT2D eigenvalue weighted by Crippen LogP contribution is 1.98. The van der Waals surface area contributed by atoms with Crippen LogP contribution in [-0.4, -0.2) is 27.8 Å². The summed E-state index contributed by atoms with van der Waals surface area (Å²) in [6.07, 6.45) is 0. The first-order chi connectivity index (χ1) is 5.65. The zero-order valence-electron chi connectivity index (χ0n) is 6.20. The molecule has 0 atom stereocenters. The molecule has 7 heteroatoms. The molecule has 0 amide bonds. The second-order valence-corrected chi connectivity index (χ2v) is 2.30. The van der Waals surface area contributed by atoms with Gasteiger partial charge in [-0.25, -0.2) is 9.89 Å². The van der Waals surface area contributed by atoms with E-state index < -0.39 is 11.7 Å². The third-order valence-corrected chi connectivity index (χ3v) is 1.52. The molecule has 0 radical (unpaired) electrons. The van der Waals surface area contributed by atoms with Gasteiger partial charge in [0.25, 0.3) is 0 Å². The number of methoxy groups -OCH3 is 1. The van der Waals surface area contributed by atoms with Crippen molar-refractivity contribution in [1.29, 1.82) is 0 Å². The van der Waals surface area contributed by atoms with E-state index in [0.717, 1.165) is 4.57 Å². The van der Waals surface area contributed by atoms with Gasteiger partial charge >= 0.3 is 11.7 Å². The molecule has 0 aliphatic heterocycles. The minimum Gasteiger partial charge on any atom is -0.468 e. The lowest BCUT2D eigenvalue weighted by Gasteiger charge is -1.98. The first-order valence-corrected chi connectivity index (χ1v) is 3.40. The van der Waals surface area contributed by atoms with Gasteiger partial charge in [0, 0.05) is 0 Å². The van der Waals surface area contributed by atoms with Crippen molar-refractivity contribution in [2.75, 3.05) is 7.11 Å². The lowest BCUT2D eigenvalue weighted by molar-refractivity contribution is -0.141. The van der Waals surface area contributed by atoms with E-state index in [0.29, 0.717) is 0 Å². The van der Waals surface area contributed by atoms with E-state index in [1.165, 1.54) is 7.11 Å². The van der Waals surface area contributed by atoms with Crippen LogP contribution < -0.4 is 5.69 Å². The molecule has 0 saturated heterocycles. The van der Waals surface area contributed by atoms with Gasteiger partial charge in [-0.1, -0.05) is 0 Å². The number of hydrogen-bond acceptors (Lipinski definition) is 4. The second-order valence-electron chi connectivity index (χ2n) is 1.96. The maximum atomic E-state index is 10.8. The van der Waals surface area contributed by atoms with Crippen LogP contribution in [0.25, 0.3) is 0 Å². The van der Waals surface area contributed by atoms with Gasteiger partial charge in [-0.05, 0) is 11.6 Å². The van der Waals surface area contributed by atoms with Crippen LogP contribution in [0.2, 0.25) is 5.28 Å². The SMILES string of the molecule is COC(=O)Cn1c(Cl)n[nH]c1=O. The van der Waals surface area contributed by atoms with Gasteiger partial charge < -0.3 is 4.74 Å². The number of nitrogens with one attached hydrogen (secondary N) is 1. The third-order valence-electron chi connectivity index (χ3n) is 1.23. The van der Waals surface area contributed by atoms with Crippen molar-refractivity contribution in [3.05, 3.63) is 15.8 Å². The summed E-state index contributed by atoms with van der Waals surface area (Å²) in [6.45, 7) is -0.231. The highest BCUT2D eigenvalue weighted by molar-refractivity contribution is 6.28. The summed E-state index contributed by atoms with van der Waals surface area (Å²) in [4.78, 5) is 21.5. The normalized spacial score (nSPS) is 9.83. The summed E-state index contributed by atoms with van der Waals surface area (Å²) in [5, 5.41) is 5.41. The molecule has 0 spiro atoms. The summed E-state index contributed by atoms with van der Waals surface area (Å²) in [6, 6.07) is 0. The minimum atomic E-state index is -0.555. The Hall–Kier alpha value is -1.30. The molecule has 0 aromatic carbocycles. The number of carbonyl (C=O) groups is 1. The van der Waals surface area contributed by atoms with Gasteiger partial charge in [-0.2, -0.15) is 0 Å². The van der Waals surface area contributed by atoms with Crippen molar-refractivity contribution in [1.82, 2.24) is 14.8 Å². The van der Waals surface area contributed by atoms with Crippen LogP contribution in [0.1, 0.15) is 0 Å². The van der Waals surface area contributed by atoms with Gasteiger partial charge in [-0.15, -0.1) is 5.10 Å². The number of ether oxygens (including phenoxy) is 1. The van der Waals surface area contributed by atoms with E-state index in [2.05, 4.69) is 14.9 Å². The van der Waals surface area contributed by atoms with E-state index in [1.807, 2.05) is 0 Å². The number of halogens is 1. The van der Waals surface area contributed by atoms with Crippen molar-refractivity contribution < 1.29 is 9.53 Å². The number of rotatable bonds is 2. The number of esters is 1. The fraction of sp³-hybridized carbons (Fsp3) is 0.400. The molecule has 0 bridgehead atoms. The highest BCUT2D eigenvalue weighted by atomic mass is 35.5. The molecule has 66 valence electrons. The van der Waals surface area contributed by atoms with Crippen molar-refractivity contribution >= 4 is 17.6 Å². The Morgan fingerprint density at radius 2 is 2.50 bits per heavy atom. The molecule has 1 aromatic heterocycles. The molecule has 1 heterocycles. The number of H-pyrrole nitrogens is 1. The van der Waals surface area contributed by atoms with Crippen molar-refractivity contribution in [3.8, 4) is 0 Å². The van der Waals surface area contributed by atoms with Crippen LogP contribution >= 0.6 is 11.6 Å². The van der Waals surface area contributed by atoms with Gasteiger partial charge in [0.2, 0.25) is 5.28 Å². The first-order valence-electron chi connectivity index (χ1n) is 3.02. The summed E-state index contributed by atoms with van der Waals surface area (Å²) in [7, 11) is 1.22. The van der Waals surface area contributed by atoms with Gasteiger partial charge in [-0.3, -0.25) is 9.36 Å². The van der Waals surface area contributed by atoms with Crippen molar-refractivity contribution in [3.63, 3.8) is 0 Å². The van der Waals surface area contributed by atoms with Crippen LogP contribution in [-0.2, 0) is 16.1 Å². The second kappa shape index (κ2) is 3.40. The monoisotopic (exact) mass is 191 g/mol. The fourth-order valence-corrected chi connectivity index (χ4v) is 0.808. The summed E-state index contributed by atoms with van der Waals surface area (Å²) in [5.74, 6) is -0.555. The van der Waals surface area contributed by atoms with E-state index >= 15 is 0 Å². The molecule has 6 nitrogen and oxygen atoms in total. The van der Waals surface area contributed by atoms with Crippen LogP contribution in [0.4, 0.5) is 0 Å². The van der Waals surface area contributed by atoms with Gasteiger partial charge in [0.05, 0.1) is 7.11 Å². The van der Waals surface area contributed by atoms with Crippen LogP contribution in [0.15, 0.2) is 4.79 Å². The van der Waals surface area contributed by atoms with Gasteiger partial charge in [0.15, 0.2) is 0 Å². The van der Waals surface area contributed by atoms with Crippen LogP contribution in [0.3, 0.4) is 0 Å². The lowest BCUT2D eigenvalue weighted by Crippen LogP contribution is -2.22. The van der Waals surface area contributed by atoms with E-state index in [-0.39, 0.29) is 11.8 Å². The number of hydrogen-bond donors (Lipinski definition) is 1. The Bertz CT molecular complexity index is 342. The number of aromatic amines is 1. The van der Waals surface area contributed by atoms with Crippen LogP contribution in [0, 0.1) is 0 Å². The first kappa shape index (κ1) is 8.79. The molecule has 12 heavy (non-hydrogen) atoms. The molecule has 1 aromatic rings. The van der Waals surface area contributed by atoms with Crippen LogP contribution in [0.5, 0.6) is 0 Å². The predicted molar refractivity (Wildman–Crippen MR) is 39.9 cm³/mol. The topological polar surface area (TPSA) is 77.0 Å². The molecule has 1 N–H and O–H groups in total. The summed E-state index contributed by atoms with van der Waals surface area (Å²) < 4.78 is 5.30. The number of aromatic nitrogens is 3. The van der Waals surface area contributed by atoms with Gasteiger partial charge in [0.1, 0.15) is 6.54 Å². The predicted octanol–water partition coefficient (Wildman–Crippen LogP) is -0.602. The molecular weight excluding hydrogens is 186 g/mol. The molecular formula is C5H6ClN3O3. The lowest BCUT2D eigenvalue weighted by atomic mass is 10.6. The van der Waals surface area contributed by atoms with E-state index in [9.17, 15) is 9.59 Å². The van der Waals surface area contributed by atoms with Crippen molar-refractivity contribution in [2.24, 2.45) is 0 Å².